The van der Waals surface area contributed by atoms with Gasteiger partial charge in [-0.1, -0.05) is 17.2 Å². The van der Waals surface area contributed by atoms with Crippen molar-refractivity contribution in [3.8, 4) is 5.75 Å². The Kier molecular flexibility index (Phi) is 3.11. The SMILES string of the molecule is [N-]=[N+]=Nc1ccccc1OCc1ccco1. The van der Waals surface area contributed by atoms with Gasteiger partial charge in [0, 0.05) is 4.91 Å². The molecular formula is C11H9N3O2. The molecule has 2 aromatic rings. The van der Waals surface area contributed by atoms with Crippen LogP contribution in [0.5, 0.6) is 5.75 Å². The van der Waals surface area contributed by atoms with E-state index in [0.29, 0.717) is 18.0 Å². The molecule has 0 saturated heterocycles. The first-order valence-electron chi connectivity index (χ1n) is 4.69. The van der Waals surface area contributed by atoms with Gasteiger partial charge in [-0.3, -0.25) is 0 Å². The number of furan rings is 1. The fraction of sp³-hybridized carbons (Fsp3) is 0.0909. The highest BCUT2D eigenvalue weighted by Gasteiger charge is 2.02. The molecule has 16 heavy (non-hydrogen) atoms. The van der Waals surface area contributed by atoms with Gasteiger partial charge in [0.05, 0.1) is 12.0 Å². The van der Waals surface area contributed by atoms with Gasteiger partial charge in [0.15, 0.2) is 0 Å². The van der Waals surface area contributed by atoms with Gasteiger partial charge in [0.2, 0.25) is 0 Å². The van der Waals surface area contributed by atoms with E-state index in [-0.39, 0.29) is 0 Å². The highest BCUT2D eigenvalue weighted by Crippen LogP contribution is 2.27. The Hall–Kier alpha value is -2.39. The number of benzene rings is 1. The summed E-state index contributed by atoms with van der Waals surface area (Å²) in [5.74, 6) is 1.26. The largest absolute Gasteiger partial charge is 0.485 e. The topological polar surface area (TPSA) is 71.1 Å². The van der Waals surface area contributed by atoms with Crippen LogP contribution in [0.15, 0.2) is 52.2 Å². The maximum absolute atomic E-state index is 8.38. The van der Waals surface area contributed by atoms with Crippen molar-refractivity contribution in [1.29, 1.82) is 0 Å². The van der Waals surface area contributed by atoms with E-state index in [2.05, 4.69) is 10.0 Å². The fourth-order valence-electron chi connectivity index (χ4n) is 1.25. The van der Waals surface area contributed by atoms with Crippen LogP contribution in [0, 0.1) is 0 Å². The van der Waals surface area contributed by atoms with Crippen molar-refractivity contribution in [2.75, 3.05) is 0 Å². The molecule has 2 rings (SSSR count). The molecule has 1 aromatic carbocycles. The van der Waals surface area contributed by atoms with Crippen molar-refractivity contribution in [2.24, 2.45) is 5.11 Å². The Morgan fingerprint density at radius 3 is 2.88 bits per heavy atom. The van der Waals surface area contributed by atoms with Crippen LogP contribution in [0.25, 0.3) is 10.4 Å². The second-order valence-corrected chi connectivity index (χ2v) is 3.03. The van der Waals surface area contributed by atoms with Gasteiger partial charge in [-0.15, -0.1) is 0 Å². The molecule has 0 radical (unpaired) electrons. The van der Waals surface area contributed by atoms with Gasteiger partial charge < -0.3 is 9.15 Å². The molecule has 0 atom stereocenters. The summed E-state index contributed by atoms with van der Waals surface area (Å²) in [5.41, 5.74) is 8.85. The zero-order valence-corrected chi connectivity index (χ0v) is 8.41. The summed E-state index contributed by atoms with van der Waals surface area (Å²) in [5, 5.41) is 3.53. The van der Waals surface area contributed by atoms with E-state index in [1.807, 2.05) is 12.1 Å². The summed E-state index contributed by atoms with van der Waals surface area (Å²) in [6.45, 7) is 0.310. The van der Waals surface area contributed by atoms with E-state index in [4.69, 9.17) is 14.7 Å². The predicted octanol–water partition coefficient (Wildman–Crippen LogP) is 3.80. The summed E-state index contributed by atoms with van der Waals surface area (Å²) in [4.78, 5) is 2.73. The summed E-state index contributed by atoms with van der Waals surface area (Å²) in [6.07, 6.45) is 1.58. The lowest BCUT2D eigenvalue weighted by atomic mass is 10.3. The molecule has 1 heterocycles. The maximum atomic E-state index is 8.38. The smallest absolute Gasteiger partial charge is 0.146 e. The Balaban J connectivity index is 2.12. The molecule has 0 unspecified atom stereocenters. The van der Waals surface area contributed by atoms with Crippen molar-refractivity contribution in [3.63, 3.8) is 0 Å². The van der Waals surface area contributed by atoms with Crippen LogP contribution in [0.2, 0.25) is 0 Å². The van der Waals surface area contributed by atoms with Crippen LogP contribution >= 0.6 is 0 Å². The second-order valence-electron chi connectivity index (χ2n) is 3.03. The molecule has 0 aliphatic rings. The zero-order chi connectivity index (χ0) is 11.2. The average molecular weight is 215 g/mol. The molecule has 5 nitrogen and oxygen atoms in total. The van der Waals surface area contributed by atoms with Gasteiger partial charge in [-0.2, -0.15) is 0 Å². The second kappa shape index (κ2) is 4.91. The van der Waals surface area contributed by atoms with E-state index in [9.17, 15) is 0 Å². The van der Waals surface area contributed by atoms with Crippen LogP contribution in [-0.2, 0) is 6.61 Å². The molecule has 0 bridgehead atoms. The quantitative estimate of drug-likeness (QED) is 0.442. The molecular weight excluding hydrogens is 206 g/mol. The standard InChI is InChI=1S/C11H9N3O2/c12-14-13-10-5-1-2-6-11(10)16-8-9-4-3-7-15-9/h1-7H,8H2. The highest BCUT2D eigenvalue weighted by molar-refractivity contribution is 5.51. The molecule has 0 spiro atoms. The predicted molar refractivity (Wildman–Crippen MR) is 58.3 cm³/mol. The van der Waals surface area contributed by atoms with E-state index in [0.717, 1.165) is 5.76 Å². The number of hydrogen-bond donors (Lipinski definition) is 0. The van der Waals surface area contributed by atoms with Crippen molar-refractivity contribution >= 4 is 5.69 Å². The molecule has 0 N–H and O–H groups in total. The number of nitrogens with zero attached hydrogens (tertiary/aromatic N) is 3. The van der Waals surface area contributed by atoms with Gasteiger partial charge in [0.1, 0.15) is 18.1 Å². The Morgan fingerprint density at radius 1 is 1.25 bits per heavy atom. The number of para-hydroxylation sites is 1. The van der Waals surface area contributed by atoms with Crippen LogP contribution in [0.1, 0.15) is 5.76 Å². The van der Waals surface area contributed by atoms with Crippen molar-refractivity contribution < 1.29 is 9.15 Å². The third kappa shape index (κ3) is 2.34. The summed E-state index contributed by atoms with van der Waals surface area (Å²) >= 11 is 0. The lowest BCUT2D eigenvalue weighted by Gasteiger charge is -2.06. The Labute approximate surface area is 91.9 Å². The molecule has 0 saturated carbocycles. The molecule has 80 valence electrons. The lowest BCUT2D eigenvalue weighted by Crippen LogP contribution is -1.93. The Bertz CT molecular complexity index is 502. The minimum absolute atomic E-state index is 0.310. The first-order chi connectivity index (χ1) is 7.90. The van der Waals surface area contributed by atoms with Crippen LogP contribution < -0.4 is 4.74 Å². The minimum Gasteiger partial charge on any atom is -0.485 e. The zero-order valence-electron chi connectivity index (χ0n) is 8.41. The molecule has 0 amide bonds. The molecule has 0 aliphatic carbocycles. The number of hydrogen-bond acceptors (Lipinski definition) is 3. The van der Waals surface area contributed by atoms with Crippen LogP contribution in [0.3, 0.4) is 0 Å². The van der Waals surface area contributed by atoms with Crippen LogP contribution in [-0.4, -0.2) is 0 Å². The minimum atomic E-state index is 0.310. The molecule has 1 aromatic heterocycles. The van der Waals surface area contributed by atoms with Gasteiger partial charge >= 0.3 is 0 Å². The third-order valence-corrected chi connectivity index (χ3v) is 1.97. The fourth-order valence-corrected chi connectivity index (χ4v) is 1.25. The van der Waals surface area contributed by atoms with E-state index >= 15 is 0 Å². The first-order valence-corrected chi connectivity index (χ1v) is 4.69. The van der Waals surface area contributed by atoms with Gasteiger partial charge in [-0.05, 0) is 29.8 Å². The monoisotopic (exact) mass is 215 g/mol. The summed E-state index contributed by atoms with van der Waals surface area (Å²) in [7, 11) is 0. The van der Waals surface area contributed by atoms with Crippen LogP contribution in [0.4, 0.5) is 5.69 Å². The molecule has 5 heteroatoms. The highest BCUT2D eigenvalue weighted by atomic mass is 16.5. The maximum Gasteiger partial charge on any atom is 0.146 e. The lowest BCUT2D eigenvalue weighted by molar-refractivity contribution is 0.271. The van der Waals surface area contributed by atoms with E-state index in [1.165, 1.54) is 0 Å². The summed E-state index contributed by atoms with van der Waals surface area (Å²) < 4.78 is 10.6. The van der Waals surface area contributed by atoms with Crippen molar-refractivity contribution in [3.05, 3.63) is 58.9 Å². The Morgan fingerprint density at radius 2 is 2.12 bits per heavy atom. The van der Waals surface area contributed by atoms with Crippen molar-refractivity contribution in [1.82, 2.24) is 0 Å². The van der Waals surface area contributed by atoms with Crippen molar-refractivity contribution in [2.45, 2.75) is 6.61 Å². The number of rotatable bonds is 4. The van der Waals surface area contributed by atoms with Gasteiger partial charge in [-0.25, -0.2) is 0 Å². The van der Waals surface area contributed by atoms with E-state index < -0.39 is 0 Å². The molecule has 0 aliphatic heterocycles. The number of ether oxygens (including phenoxy) is 1. The number of azide groups is 1. The summed E-state index contributed by atoms with van der Waals surface area (Å²) in [6, 6.07) is 10.6. The third-order valence-electron chi connectivity index (χ3n) is 1.97. The van der Waals surface area contributed by atoms with Gasteiger partial charge in [0.25, 0.3) is 0 Å². The average Bonchev–Trinajstić information content (AvgIpc) is 2.81. The van der Waals surface area contributed by atoms with E-state index in [1.54, 1.807) is 30.5 Å². The first kappa shape index (κ1) is 10.1. The molecule has 0 fully saturated rings. The normalized spacial score (nSPS) is 9.50.